The molecule has 0 heterocycles. The van der Waals surface area contributed by atoms with Gasteiger partial charge in [0.1, 0.15) is 0 Å². The molecule has 0 fully saturated rings. The molecule has 4 aromatic carbocycles. The van der Waals surface area contributed by atoms with E-state index in [1.54, 1.807) is 27.7 Å². The fraction of sp³-hybridized carbons (Fsp3) is 0.200. The van der Waals surface area contributed by atoms with Crippen LogP contribution in [0.3, 0.4) is 0 Å². The van der Waals surface area contributed by atoms with Gasteiger partial charge in [0.25, 0.3) is 22.4 Å². The summed E-state index contributed by atoms with van der Waals surface area (Å²) in [5, 5.41) is 80.6. The van der Waals surface area contributed by atoms with E-state index in [0.717, 1.165) is 48.5 Å². The van der Waals surface area contributed by atoms with Crippen molar-refractivity contribution >= 4 is 47.0 Å². The number of aliphatic carboxylic acids is 4. The van der Waals surface area contributed by atoms with Crippen molar-refractivity contribution in [1.29, 1.82) is 0 Å². The second-order valence-electron chi connectivity index (χ2n) is 12.8. The van der Waals surface area contributed by atoms with Gasteiger partial charge in [0.2, 0.25) is 23.1 Å². The Hall–Kier alpha value is -6.72. The van der Waals surface area contributed by atoms with Crippen LogP contribution in [0.2, 0.25) is 0 Å². The highest BCUT2D eigenvalue weighted by Gasteiger charge is 2.71. The monoisotopic (exact) mass is 772 g/mol. The zero-order valence-electron chi connectivity index (χ0n) is 30.1. The molecule has 0 aliphatic heterocycles. The van der Waals surface area contributed by atoms with Crippen LogP contribution in [0.1, 0.15) is 63.7 Å². The molecule has 0 saturated carbocycles. The Kier molecular flexibility index (Phi) is 12.7. The molecule has 0 aliphatic rings. The van der Waals surface area contributed by atoms with Crippen LogP contribution in [0.4, 0.5) is 0 Å². The second kappa shape index (κ2) is 16.3. The maximum absolute atomic E-state index is 12.8. The molecule has 0 aliphatic carbocycles. The van der Waals surface area contributed by atoms with Gasteiger partial charge in [-0.3, -0.25) is 19.2 Å². The minimum atomic E-state index is -3.96. The smallest absolute Gasteiger partial charge is 0.348 e. The fourth-order valence-electron chi connectivity index (χ4n) is 5.32. The number of carboxylic acids is 4. The highest BCUT2D eigenvalue weighted by Crippen LogP contribution is 2.33. The first-order valence-electron chi connectivity index (χ1n) is 16.2. The number of carbonyl (C=O) groups is 8. The van der Waals surface area contributed by atoms with Gasteiger partial charge in [-0.2, -0.15) is 0 Å². The van der Waals surface area contributed by atoms with Crippen LogP contribution in [0.5, 0.6) is 0 Å². The number of aliphatic hydroxyl groups is 4. The van der Waals surface area contributed by atoms with E-state index in [2.05, 4.69) is 0 Å². The molecule has 16 heteroatoms. The van der Waals surface area contributed by atoms with Crippen LogP contribution in [0, 0.1) is 27.7 Å². The Balaban J connectivity index is 0.000000300. The predicted octanol–water partition coefficient (Wildman–Crippen LogP) is 2.00. The number of carbonyl (C=O) groups excluding carboxylic acids is 4. The maximum atomic E-state index is 12.8. The van der Waals surface area contributed by atoms with E-state index in [1.165, 1.54) is 48.5 Å². The van der Waals surface area contributed by atoms with Gasteiger partial charge in [0.15, 0.2) is 0 Å². The van der Waals surface area contributed by atoms with E-state index in [4.69, 9.17) is 0 Å². The van der Waals surface area contributed by atoms with Crippen molar-refractivity contribution in [3.05, 3.63) is 142 Å². The Morgan fingerprint density at radius 2 is 0.429 bits per heavy atom. The molecule has 0 spiro atoms. The van der Waals surface area contributed by atoms with Gasteiger partial charge in [-0.15, -0.1) is 0 Å². The molecule has 4 aromatic rings. The lowest BCUT2D eigenvalue weighted by Crippen LogP contribution is -2.71. The first kappa shape index (κ1) is 43.7. The molecule has 16 nitrogen and oxygen atoms in total. The molecule has 8 N–H and O–H groups in total. The summed E-state index contributed by atoms with van der Waals surface area (Å²) in [6.07, 6.45) is 0. The number of hydrogen-bond acceptors (Lipinski definition) is 12. The molecule has 4 unspecified atom stereocenters. The molecular formula is C40H36O16. The van der Waals surface area contributed by atoms with Gasteiger partial charge in [0.05, 0.1) is 0 Å². The van der Waals surface area contributed by atoms with Crippen LogP contribution in [-0.4, -0.2) is 110 Å². The molecule has 4 atom stereocenters. The van der Waals surface area contributed by atoms with Crippen molar-refractivity contribution in [1.82, 2.24) is 0 Å². The summed E-state index contributed by atoms with van der Waals surface area (Å²) in [6.45, 7) is 6.75. The number of carboxylic acid groups (broad SMARTS) is 4. The summed E-state index contributed by atoms with van der Waals surface area (Å²) in [5.41, 5.74) is -14.5. The van der Waals surface area contributed by atoms with E-state index >= 15 is 0 Å². The molecule has 56 heavy (non-hydrogen) atoms. The third-order valence-corrected chi connectivity index (χ3v) is 8.85. The van der Waals surface area contributed by atoms with Gasteiger partial charge in [-0.25, -0.2) is 19.2 Å². The zero-order valence-corrected chi connectivity index (χ0v) is 30.1. The van der Waals surface area contributed by atoms with Crippen LogP contribution in [0.25, 0.3) is 0 Å². The van der Waals surface area contributed by atoms with E-state index in [-0.39, 0.29) is 22.3 Å². The fourth-order valence-corrected chi connectivity index (χ4v) is 5.32. The standard InChI is InChI=1S/2C20H18O8/c2*1-11-3-7-13(8-4-11)15(21)19(27,17(23)24)20(28,18(25)26)16(22)14-9-5-12(2)6-10-14/h2*3-10,27-28H,1-2H3,(H,23,24)(H,25,26). The first-order valence-corrected chi connectivity index (χ1v) is 16.2. The lowest BCUT2D eigenvalue weighted by Gasteiger charge is -2.34. The Morgan fingerprint density at radius 3 is 0.536 bits per heavy atom. The largest absolute Gasteiger partial charge is 0.479 e. The van der Waals surface area contributed by atoms with E-state index in [1.807, 2.05) is 0 Å². The third-order valence-electron chi connectivity index (χ3n) is 8.85. The Bertz CT molecular complexity index is 1890. The molecule has 292 valence electrons. The molecule has 0 saturated heterocycles. The van der Waals surface area contributed by atoms with Gasteiger partial charge in [0, 0.05) is 22.3 Å². The first-order chi connectivity index (χ1) is 25.9. The molecule has 4 rings (SSSR count). The minimum Gasteiger partial charge on any atom is -0.479 e. The molecular weight excluding hydrogens is 736 g/mol. The Morgan fingerprint density at radius 1 is 0.304 bits per heavy atom. The summed E-state index contributed by atoms with van der Waals surface area (Å²) in [7, 11) is 0. The zero-order chi connectivity index (χ0) is 42.6. The SMILES string of the molecule is Cc1ccc(C(=O)C(O)(C(=O)O)C(O)(C(=O)O)C(=O)c2ccc(C)cc2)cc1.Cc1ccc(C(=O)C(O)(C(=O)O)C(O)(C(=O)O)C(=O)c2ccc(C)cc2)cc1. The number of benzene rings is 4. The molecule has 0 amide bonds. The van der Waals surface area contributed by atoms with Crippen molar-refractivity contribution in [3.63, 3.8) is 0 Å². The average molecular weight is 773 g/mol. The van der Waals surface area contributed by atoms with Crippen LogP contribution < -0.4 is 0 Å². The van der Waals surface area contributed by atoms with Gasteiger partial charge >= 0.3 is 23.9 Å². The molecule has 0 bridgehead atoms. The average Bonchev–Trinajstić information content (AvgIpc) is 3.16. The van der Waals surface area contributed by atoms with Gasteiger partial charge in [-0.1, -0.05) is 119 Å². The van der Waals surface area contributed by atoms with Crippen molar-refractivity contribution in [2.75, 3.05) is 0 Å². The summed E-state index contributed by atoms with van der Waals surface area (Å²) < 4.78 is 0. The highest BCUT2D eigenvalue weighted by atomic mass is 16.5. The van der Waals surface area contributed by atoms with Crippen molar-refractivity contribution in [2.24, 2.45) is 0 Å². The summed E-state index contributed by atoms with van der Waals surface area (Å²) >= 11 is 0. The van der Waals surface area contributed by atoms with Gasteiger partial charge in [-0.05, 0) is 27.7 Å². The number of ketones is 4. The predicted molar refractivity (Wildman–Crippen MR) is 192 cm³/mol. The van der Waals surface area contributed by atoms with Crippen LogP contribution in [-0.2, 0) is 19.2 Å². The van der Waals surface area contributed by atoms with Crippen molar-refractivity contribution in [3.8, 4) is 0 Å². The molecule has 0 aromatic heterocycles. The van der Waals surface area contributed by atoms with E-state index < -0.39 is 69.4 Å². The topological polar surface area (TPSA) is 298 Å². The summed E-state index contributed by atoms with van der Waals surface area (Å²) in [4.78, 5) is 98.2. The number of aryl methyl sites for hydroxylation is 4. The van der Waals surface area contributed by atoms with E-state index in [9.17, 15) is 79.2 Å². The number of hydrogen-bond donors (Lipinski definition) is 8. The van der Waals surface area contributed by atoms with Gasteiger partial charge < -0.3 is 40.9 Å². The Labute approximate surface area is 317 Å². The van der Waals surface area contributed by atoms with Crippen LogP contribution >= 0.6 is 0 Å². The lowest BCUT2D eigenvalue weighted by atomic mass is 9.73. The number of Topliss-reactive ketones (excluding diaryl/α,β-unsaturated/α-hetero) is 4. The second-order valence-corrected chi connectivity index (χ2v) is 12.8. The number of rotatable bonds is 14. The van der Waals surface area contributed by atoms with Crippen molar-refractivity contribution in [2.45, 2.75) is 50.1 Å². The molecule has 0 radical (unpaired) electrons. The third kappa shape index (κ3) is 7.62. The normalized spacial score (nSPS) is 15.1. The summed E-state index contributed by atoms with van der Waals surface area (Å²) in [5.74, 6) is -16.0. The van der Waals surface area contributed by atoms with Crippen LogP contribution in [0.15, 0.2) is 97.1 Å². The quantitative estimate of drug-likeness (QED) is 0.0671. The van der Waals surface area contributed by atoms with Crippen molar-refractivity contribution < 1.29 is 79.2 Å². The minimum absolute atomic E-state index is 0.383. The highest BCUT2D eigenvalue weighted by molar-refractivity contribution is 6.29. The maximum Gasteiger partial charge on any atom is 0.348 e. The summed E-state index contributed by atoms with van der Waals surface area (Å²) in [6, 6.07) is 20.7. The van der Waals surface area contributed by atoms with E-state index in [0.29, 0.717) is 22.3 Å². The lowest BCUT2D eigenvalue weighted by molar-refractivity contribution is -0.187.